The second kappa shape index (κ2) is 5.85. The quantitative estimate of drug-likeness (QED) is 0.852. The van der Waals surface area contributed by atoms with Crippen LogP contribution in [0.5, 0.6) is 0 Å². The number of carbonyl (C=O) groups is 1. The van der Waals surface area contributed by atoms with Crippen LogP contribution in [0.15, 0.2) is 18.2 Å². The molecule has 0 spiro atoms. The van der Waals surface area contributed by atoms with Crippen LogP contribution in [0.4, 0.5) is 0 Å². The van der Waals surface area contributed by atoms with E-state index in [1.54, 1.807) is 32.0 Å². The number of halogens is 1. The fourth-order valence-electron chi connectivity index (χ4n) is 1.36. The molecule has 1 aromatic carbocycles. The highest BCUT2D eigenvalue weighted by atomic mass is 35.5. The maximum absolute atomic E-state index is 11.1. The van der Waals surface area contributed by atoms with Crippen molar-refractivity contribution in [1.29, 1.82) is 5.26 Å². The fourth-order valence-corrected chi connectivity index (χ4v) is 1.60. The molecule has 0 saturated carbocycles. The van der Waals surface area contributed by atoms with Crippen molar-refractivity contribution in [2.45, 2.75) is 20.4 Å². The van der Waals surface area contributed by atoms with Crippen LogP contribution in [0.2, 0.25) is 5.02 Å². The number of primary amides is 1. The molecule has 0 atom stereocenters. The third-order valence-corrected chi connectivity index (χ3v) is 3.08. The van der Waals surface area contributed by atoms with E-state index in [4.69, 9.17) is 22.6 Å². The molecule has 1 amide bonds. The molecular formula is C13H16ClN3O. The van der Waals surface area contributed by atoms with Gasteiger partial charge in [-0.15, -0.1) is 0 Å². The lowest BCUT2D eigenvalue weighted by Gasteiger charge is -2.21. The summed E-state index contributed by atoms with van der Waals surface area (Å²) in [4.78, 5) is 11.1. The van der Waals surface area contributed by atoms with E-state index in [1.807, 2.05) is 6.07 Å². The molecule has 0 aromatic heterocycles. The molecule has 0 bridgehead atoms. The van der Waals surface area contributed by atoms with Gasteiger partial charge in [-0.05, 0) is 31.5 Å². The molecule has 0 radical (unpaired) electrons. The zero-order chi connectivity index (χ0) is 13.8. The Labute approximate surface area is 112 Å². The molecule has 0 unspecified atom stereocenters. The zero-order valence-corrected chi connectivity index (χ0v) is 11.2. The molecule has 0 aliphatic heterocycles. The molecule has 0 aliphatic rings. The summed E-state index contributed by atoms with van der Waals surface area (Å²) in [5.74, 6) is -0.346. The lowest BCUT2D eigenvalue weighted by atomic mass is 9.93. The summed E-state index contributed by atoms with van der Waals surface area (Å²) >= 11 is 6.04. The highest BCUT2D eigenvalue weighted by Crippen LogP contribution is 2.18. The Hall–Kier alpha value is -1.57. The average molecular weight is 266 g/mol. The number of nitrogens with zero attached hydrogens (tertiary/aromatic N) is 1. The monoisotopic (exact) mass is 265 g/mol. The Kier molecular flexibility index (Phi) is 4.71. The van der Waals surface area contributed by atoms with Crippen LogP contribution in [0.3, 0.4) is 0 Å². The van der Waals surface area contributed by atoms with Crippen LogP contribution < -0.4 is 11.1 Å². The van der Waals surface area contributed by atoms with Crippen LogP contribution in [-0.4, -0.2) is 12.5 Å². The minimum atomic E-state index is -0.598. The van der Waals surface area contributed by atoms with Crippen LogP contribution in [-0.2, 0) is 11.3 Å². The summed E-state index contributed by atoms with van der Waals surface area (Å²) in [6, 6.07) is 7.15. The summed E-state index contributed by atoms with van der Waals surface area (Å²) in [7, 11) is 0. The van der Waals surface area contributed by atoms with Crippen molar-refractivity contribution in [3.05, 3.63) is 34.3 Å². The average Bonchev–Trinajstić information content (AvgIpc) is 2.30. The Morgan fingerprint density at radius 1 is 1.56 bits per heavy atom. The number of nitriles is 1. The minimum absolute atomic E-state index is 0.346. The SMILES string of the molecule is CC(C)(CNCc1ccc(C#N)cc1Cl)C(N)=O. The van der Waals surface area contributed by atoms with E-state index in [1.165, 1.54) is 0 Å². The topological polar surface area (TPSA) is 78.9 Å². The smallest absolute Gasteiger partial charge is 0.224 e. The standard InChI is InChI=1S/C13H16ClN3O/c1-13(2,12(16)18)8-17-7-10-4-3-9(6-15)5-11(10)14/h3-5,17H,7-8H2,1-2H3,(H2,16,18). The summed E-state index contributed by atoms with van der Waals surface area (Å²) in [5.41, 5.74) is 6.09. The Morgan fingerprint density at radius 2 is 2.22 bits per heavy atom. The van der Waals surface area contributed by atoms with Crippen LogP contribution in [0.1, 0.15) is 25.0 Å². The fraction of sp³-hybridized carbons (Fsp3) is 0.385. The molecule has 18 heavy (non-hydrogen) atoms. The second-order valence-corrected chi connectivity index (χ2v) is 5.18. The van der Waals surface area contributed by atoms with E-state index in [2.05, 4.69) is 5.32 Å². The van der Waals surface area contributed by atoms with Crippen molar-refractivity contribution in [2.75, 3.05) is 6.54 Å². The van der Waals surface area contributed by atoms with E-state index in [9.17, 15) is 4.79 Å². The lowest BCUT2D eigenvalue weighted by molar-refractivity contribution is -0.125. The first-order chi connectivity index (χ1) is 8.36. The number of benzene rings is 1. The molecule has 3 N–H and O–H groups in total. The number of carbonyl (C=O) groups excluding carboxylic acids is 1. The van der Waals surface area contributed by atoms with E-state index in [0.717, 1.165) is 5.56 Å². The van der Waals surface area contributed by atoms with Crippen molar-refractivity contribution >= 4 is 17.5 Å². The molecule has 96 valence electrons. The first-order valence-electron chi connectivity index (χ1n) is 5.56. The Morgan fingerprint density at radius 3 is 2.72 bits per heavy atom. The molecule has 0 fully saturated rings. The van der Waals surface area contributed by atoms with Gasteiger partial charge in [-0.1, -0.05) is 17.7 Å². The van der Waals surface area contributed by atoms with Gasteiger partial charge in [0.05, 0.1) is 17.0 Å². The van der Waals surface area contributed by atoms with Crippen LogP contribution in [0, 0.1) is 16.7 Å². The van der Waals surface area contributed by atoms with Gasteiger partial charge in [0.2, 0.25) is 5.91 Å². The molecular weight excluding hydrogens is 250 g/mol. The van der Waals surface area contributed by atoms with Gasteiger partial charge in [0.25, 0.3) is 0 Å². The number of hydrogen-bond donors (Lipinski definition) is 2. The maximum atomic E-state index is 11.1. The van der Waals surface area contributed by atoms with E-state index < -0.39 is 5.41 Å². The molecule has 0 saturated heterocycles. The van der Waals surface area contributed by atoms with Gasteiger partial charge in [-0.25, -0.2) is 0 Å². The first-order valence-corrected chi connectivity index (χ1v) is 5.94. The normalized spacial score (nSPS) is 11.0. The van der Waals surface area contributed by atoms with Crippen molar-refractivity contribution in [2.24, 2.45) is 11.1 Å². The summed E-state index contributed by atoms with van der Waals surface area (Å²) < 4.78 is 0. The Bertz CT molecular complexity index is 491. The van der Waals surface area contributed by atoms with Gasteiger partial charge < -0.3 is 11.1 Å². The van der Waals surface area contributed by atoms with Crippen molar-refractivity contribution in [3.63, 3.8) is 0 Å². The van der Waals surface area contributed by atoms with Gasteiger partial charge in [0.15, 0.2) is 0 Å². The molecule has 4 nitrogen and oxygen atoms in total. The van der Waals surface area contributed by atoms with Crippen molar-refractivity contribution in [3.8, 4) is 6.07 Å². The predicted octanol–water partition coefficient (Wildman–Crippen LogP) is 1.81. The molecule has 0 aliphatic carbocycles. The third-order valence-electron chi connectivity index (χ3n) is 2.73. The largest absolute Gasteiger partial charge is 0.369 e. The summed E-state index contributed by atoms with van der Waals surface area (Å²) in [6.07, 6.45) is 0. The van der Waals surface area contributed by atoms with Crippen LogP contribution >= 0.6 is 11.6 Å². The highest BCUT2D eigenvalue weighted by molar-refractivity contribution is 6.31. The maximum Gasteiger partial charge on any atom is 0.224 e. The second-order valence-electron chi connectivity index (χ2n) is 4.77. The van der Waals surface area contributed by atoms with Gasteiger partial charge in [-0.2, -0.15) is 5.26 Å². The number of rotatable bonds is 5. The van der Waals surface area contributed by atoms with Crippen molar-refractivity contribution < 1.29 is 4.79 Å². The van der Waals surface area contributed by atoms with Crippen molar-refractivity contribution in [1.82, 2.24) is 5.32 Å². The zero-order valence-electron chi connectivity index (χ0n) is 10.5. The summed E-state index contributed by atoms with van der Waals surface area (Å²) in [5, 5.41) is 12.4. The van der Waals surface area contributed by atoms with Gasteiger partial charge in [0.1, 0.15) is 0 Å². The van der Waals surface area contributed by atoms with Gasteiger partial charge in [-0.3, -0.25) is 4.79 Å². The summed E-state index contributed by atoms with van der Waals surface area (Å²) in [6.45, 7) is 4.56. The minimum Gasteiger partial charge on any atom is -0.369 e. The van der Waals surface area contributed by atoms with Crippen LogP contribution in [0.25, 0.3) is 0 Å². The highest BCUT2D eigenvalue weighted by Gasteiger charge is 2.24. The predicted molar refractivity (Wildman–Crippen MR) is 70.8 cm³/mol. The Balaban J connectivity index is 2.60. The van der Waals surface area contributed by atoms with Gasteiger partial charge >= 0.3 is 0 Å². The first kappa shape index (κ1) is 14.5. The van der Waals surface area contributed by atoms with E-state index >= 15 is 0 Å². The van der Waals surface area contributed by atoms with E-state index in [0.29, 0.717) is 23.7 Å². The number of nitrogens with one attached hydrogen (secondary N) is 1. The van der Waals surface area contributed by atoms with E-state index in [-0.39, 0.29) is 5.91 Å². The molecule has 1 rings (SSSR count). The molecule has 5 heteroatoms. The molecule has 0 heterocycles. The van der Waals surface area contributed by atoms with Gasteiger partial charge in [0, 0.05) is 18.1 Å². The molecule has 1 aromatic rings. The lowest BCUT2D eigenvalue weighted by Crippen LogP contribution is -2.40. The number of nitrogens with two attached hydrogens (primary N) is 1. The third kappa shape index (κ3) is 3.73. The number of amides is 1. The number of hydrogen-bond acceptors (Lipinski definition) is 3.